The molecule has 0 aromatic carbocycles. The Bertz CT molecular complexity index is 1050. The lowest BCUT2D eigenvalue weighted by Gasteiger charge is -2.40. The fourth-order valence-electron chi connectivity index (χ4n) is 4.15. The summed E-state index contributed by atoms with van der Waals surface area (Å²) in [4.78, 5) is 12.8. The number of fused-ring (bicyclic) bond motifs is 3. The Labute approximate surface area is 166 Å². The molecule has 3 aromatic rings. The number of pyridine rings is 1. The maximum Gasteiger partial charge on any atom is 0.427 e. The highest BCUT2D eigenvalue weighted by Crippen LogP contribution is 2.44. The number of hydrogen-bond donors (Lipinski definition) is 2. The maximum absolute atomic E-state index is 13.0. The number of aliphatic hydroxyl groups is 1. The van der Waals surface area contributed by atoms with Gasteiger partial charge in [0.25, 0.3) is 5.60 Å². The number of aromatic amines is 1. The summed E-state index contributed by atoms with van der Waals surface area (Å²) in [5.41, 5.74) is -2.58. The second-order valence-electron chi connectivity index (χ2n) is 7.62. The highest BCUT2D eigenvalue weighted by atomic mass is 19.4. The molecule has 0 atom stereocenters. The predicted octanol–water partition coefficient (Wildman–Crippen LogP) is 3.71. The van der Waals surface area contributed by atoms with Crippen LogP contribution in [0.5, 0.6) is 0 Å². The molecule has 0 radical (unpaired) electrons. The average Bonchev–Trinajstić information content (AvgIpc) is 3.23. The number of nitrogens with zero attached hydrogens (tertiary/aromatic N) is 4. The van der Waals surface area contributed by atoms with E-state index in [1.54, 1.807) is 19.3 Å². The molecule has 6 nitrogen and oxygen atoms in total. The van der Waals surface area contributed by atoms with Gasteiger partial charge in [0.1, 0.15) is 17.0 Å². The zero-order valence-corrected chi connectivity index (χ0v) is 15.8. The van der Waals surface area contributed by atoms with Crippen molar-refractivity contribution in [2.45, 2.75) is 43.8 Å². The lowest BCUT2D eigenvalue weighted by atomic mass is 9.98. The summed E-state index contributed by atoms with van der Waals surface area (Å²) in [6, 6.07) is 1.71. The topological polar surface area (TPSA) is 70.0 Å². The largest absolute Gasteiger partial charge is 0.427 e. The van der Waals surface area contributed by atoms with Crippen LogP contribution in [0.15, 0.2) is 18.5 Å². The van der Waals surface area contributed by atoms with E-state index in [2.05, 4.69) is 15.0 Å². The maximum atomic E-state index is 13.0. The van der Waals surface area contributed by atoms with E-state index in [1.807, 2.05) is 10.6 Å². The minimum atomic E-state index is -5.81. The van der Waals surface area contributed by atoms with Crippen molar-refractivity contribution in [3.05, 3.63) is 24.3 Å². The molecular weight excluding hydrogens is 416 g/mol. The van der Waals surface area contributed by atoms with Crippen LogP contribution in [0.3, 0.4) is 0 Å². The zero-order chi connectivity index (χ0) is 21.9. The Morgan fingerprint density at radius 3 is 2.37 bits per heavy atom. The number of aryl methyl sites for hydroxylation is 1. The number of piperidine rings is 1. The fraction of sp³-hybridized carbons (Fsp3) is 0.556. The quantitative estimate of drug-likeness (QED) is 0.616. The average molecular weight is 435 g/mol. The number of alkyl halides is 6. The van der Waals surface area contributed by atoms with Gasteiger partial charge in [0.05, 0.1) is 11.7 Å². The van der Waals surface area contributed by atoms with E-state index in [4.69, 9.17) is 0 Å². The smallest absolute Gasteiger partial charge is 0.373 e. The van der Waals surface area contributed by atoms with E-state index in [-0.39, 0.29) is 19.1 Å². The van der Waals surface area contributed by atoms with Crippen LogP contribution in [-0.2, 0) is 0 Å². The third-order valence-electron chi connectivity index (χ3n) is 5.72. The van der Waals surface area contributed by atoms with Gasteiger partial charge < -0.3 is 14.7 Å². The summed E-state index contributed by atoms with van der Waals surface area (Å²) >= 11 is 0. The Hall–Kier alpha value is -2.34. The van der Waals surface area contributed by atoms with Gasteiger partial charge >= 0.3 is 12.4 Å². The van der Waals surface area contributed by atoms with E-state index < -0.39 is 24.5 Å². The van der Waals surface area contributed by atoms with Crippen molar-refractivity contribution in [3.63, 3.8) is 0 Å². The first-order valence-corrected chi connectivity index (χ1v) is 9.31. The van der Waals surface area contributed by atoms with Gasteiger partial charge in [-0.05, 0) is 25.8 Å². The number of halogens is 6. The highest BCUT2D eigenvalue weighted by Gasteiger charge is 2.70. The molecule has 2 N–H and O–H groups in total. The first-order valence-electron chi connectivity index (χ1n) is 9.31. The summed E-state index contributed by atoms with van der Waals surface area (Å²) in [7, 11) is 0. The molecule has 4 heterocycles. The molecule has 30 heavy (non-hydrogen) atoms. The van der Waals surface area contributed by atoms with E-state index in [0.717, 1.165) is 15.8 Å². The number of hydrogen-bond acceptors (Lipinski definition) is 4. The molecule has 0 spiro atoms. The van der Waals surface area contributed by atoms with Crippen LogP contribution in [0.1, 0.15) is 24.7 Å². The van der Waals surface area contributed by atoms with Crippen molar-refractivity contribution in [2.24, 2.45) is 0 Å². The van der Waals surface area contributed by atoms with Crippen LogP contribution >= 0.6 is 0 Å². The van der Waals surface area contributed by atoms with Gasteiger partial charge in [0, 0.05) is 37.3 Å². The van der Waals surface area contributed by atoms with Crippen LogP contribution in [0.4, 0.5) is 26.3 Å². The van der Waals surface area contributed by atoms with Crippen molar-refractivity contribution in [2.75, 3.05) is 19.6 Å². The van der Waals surface area contributed by atoms with Gasteiger partial charge in [-0.2, -0.15) is 26.3 Å². The zero-order valence-electron chi connectivity index (χ0n) is 15.8. The van der Waals surface area contributed by atoms with Crippen molar-refractivity contribution in [1.29, 1.82) is 0 Å². The molecule has 1 aliphatic rings. The van der Waals surface area contributed by atoms with Gasteiger partial charge in [0.15, 0.2) is 0 Å². The molecule has 12 heteroatoms. The summed E-state index contributed by atoms with van der Waals surface area (Å²) in [6.07, 6.45) is -7.61. The Balaban J connectivity index is 1.57. The van der Waals surface area contributed by atoms with Crippen LogP contribution in [-0.4, -0.2) is 67.1 Å². The first-order chi connectivity index (χ1) is 13.9. The minimum Gasteiger partial charge on any atom is -0.373 e. The van der Waals surface area contributed by atoms with E-state index in [0.29, 0.717) is 29.8 Å². The molecule has 1 aliphatic heterocycles. The number of imidazole rings is 1. The summed E-state index contributed by atoms with van der Waals surface area (Å²) < 4.78 is 79.9. The molecule has 0 bridgehead atoms. The van der Waals surface area contributed by atoms with Crippen molar-refractivity contribution in [1.82, 2.24) is 24.4 Å². The molecule has 164 valence electrons. The summed E-state index contributed by atoms with van der Waals surface area (Å²) in [5, 5.41) is 10.3. The second kappa shape index (κ2) is 6.84. The highest BCUT2D eigenvalue weighted by molar-refractivity contribution is 6.01. The van der Waals surface area contributed by atoms with Crippen LogP contribution in [0.2, 0.25) is 0 Å². The molecule has 4 rings (SSSR count). The molecule has 0 unspecified atom stereocenters. The van der Waals surface area contributed by atoms with Crippen LogP contribution in [0, 0.1) is 6.92 Å². The summed E-state index contributed by atoms with van der Waals surface area (Å²) in [6.45, 7) is 0.235. The van der Waals surface area contributed by atoms with Crippen LogP contribution in [0.25, 0.3) is 22.1 Å². The fourth-order valence-corrected chi connectivity index (χ4v) is 4.15. The normalized spacial score (nSPS) is 18.0. The van der Waals surface area contributed by atoms with Gasteiger partial charge in [-0.15, -0.1) is 0 Å². The molecule has 1 fully saturated rings. The van der Waals surface area contributed by atoms with Gasteiger partial charge in [-0.25, -0.2) is 9.97 Å². The van der Waals surface area contributed by atoms with Gasteiger partial charge in [0.2, 0.25) is 0 Å². The number of rotatable bonds is 3. The monoisotopic (exact) mass is 435 g/mol. The van der Waals surface area contributed by atoms with E-state index in [9.17, 15) is 31.4 Å². The SMILES string of the molecule is Cc1nc2cnc3[nH]ccc3c2n1C1CCN(CC(O)(C(F)(F)F)C(F)(F)F)CC1. The minimum absolute atomic E-state index is 0.0143. The number of H-pyrrole nitrogens is 1. The summed E-state index contributed by atoms with van der Waals surface area (Å²) in [5.74, 6) is 0.695. The third-order valence-corrected chi connectivity index (χ3v) is 5.72. The molecule has 3 aromatic heterocycles. The number of aromatic nitrogens is 4. The Kier molecular flexibility index (Phi) is 4.77. The van der Waals surface area contributed by atoms with E-state index in [1.165, 1.54) is 0 Å². The molecule has 0 aliphatic carbocycles. The van der Waals surface area contributed by atoms with Crippen molar-refractivity contribution in [3.8, 4) is 0 Å². The van der Waals surface area contributed by atoms with E-state index >= 15 is 0 Å². The molecular formula is C18H19F6N5O. The van der Waals surface area contributed by atoms with Crippen molar-refractivity contribution < 1.29 is 31.4 Å². The number of likely N-dealkylation sites (tertiary alicyclic amines) is 1. The number of β-amino-alcohol motifs (C(OH)–C–C–N with tert-alkyl or cyclic N) is 1. The standard InChI is InChI=1S/C18H19F6N5O/c1-10-27-13-8-26-15-12(2-5-25-15)14(13)29(10)11-3-6-28(7-4-11)9-16(30,17(19,20)21)18(22,23)24/h2,5,8,11,30H,3-4,6-7,9H2,1H3,(H,25,26). The van der Waals surface area contributed by atoms with Gasteiger partial charge in [-0.1, -0.05) is 0 Å². The molecule has 0 saturated carbocycles. The second-order valence-corrected chi connectivity index (χ2v) is 7.62. The first kappa shape index (κ1) is 20.9. The van der Waals surface area contributed by atoms with Crippen LogP contribution < -0.4 is 0 Å². The third kappa shape index (κ3) is 3.22. The van der Waals surface area contributed by atoms with Crippen molar-refractivity contribution >= 4 is 22.1 Å². The lowest BCUT2D eigenvalue weighted by Crippen LogP contribution is -2.63. The number of nitrogens with one attached hydrogen (secondary N) is 1. The van der Waals surface area contributed by atoms with Gasteiger partial charge in [-0.3, -0.25) is 4.90 Å². The molecule has 0 amide bonds. The lowest BCUT2D eigenvalue weighted by molar-refractivity contribution is -0.371. The Morgan fingerprint density at radius 2 is 1.77 bits per heavy atom. The molecule has 1 saturated heterocycles. The Morgan fingerprint density at radius 1 is 1.13 bits per heavy atom. The predicted molar refractivity (Wildman–Crippen MR) is 95.9 cm³/mol.